The van der Waals surface area contributed by atoms with Crippen molar-refractivity contribution < 1.29 is 63.6 Å². The minimum absolute atomic E-state index is 0.0349. The van der Waals surface area contributed by atoms with Crippen LogP contribution in [0.25, 0.3) is 0 Å². The fraction of sp³-hybridized carbons (Fsp3) is 0.789. The number of hydrogen-bond donors (Lipinski definition) is 4. The molecule has 0 radical (unpaired) electrons. The summed E-state index contributed by atoms with van der Waals surface area (Å²) in [6, 6.07) is 4.44. The minimum Gasteiger partial charge on any atom is -0.428 e. The van der Waals surface area contributed by atoms with Crippen LogP contribution in [0.2, 0.25) is 0 Å². The number of aliphatic hydroxyl groups excluding tert-OH is 2. The minimum atomic E-state index is -5.11. The van der Waals surface area contributed by atoms with Gasteiger partial charge in [0.05, 0.1) is 11.1 Å². The van der Waals surface area contributed by atoms with Gasteiger partial charge in [-0.05, 0) is 37.1 Å². The van der Waals surface area contributed by atoms with Crippen LogP contribution < -0.4 is 0 Å². The van der Waals surface area contributed by atoms with Crippen molar-refractivity contribution in [2.45, 2.75) is 193 Å². The van der Waals surface area contributed by atoms with E-state index in [4.69, 9.17) is 9.47 Å². The van der Waals surface area contributed by atoms with Gasteiger partial charge in [0.2, 0.25) is 12.6 Å². The molecule has 16 heteroatoms. The smallest absolute Gasteiger partial charge is 0.400 e. The fourth-order valence-electron chi connectivity index (χ4n) is 5.96. The van der Waals surface area contributed by atoms with Gasteiger partial charge in [0, 0.05) is 0 Å². The first-order chi connectivity index (χ1) is 25.7. The van der Waals surface area contributed by atoms with Gasteiger partial charge in [0.1, 0.15) is 12.2 Å². The highest BCUT2D eigenvalue weighted by molar-refractivity contribution is 7.81. The van der Waals surface area contributed by atoms with Crippen molar-refractivity contribution in [3.63, 3.8) is 0 Å². The highest BCUT2D eigenvalue weighted by Crippen LogP contribution is 2.20. The number of benzene rings is 1. The van der Waals surface area contributed by atoms with E-state index in [-0.39, 0.29) is 24.0 Å². The highest BCUT2D eigenvalue weighted by atomic mass is 32.3. The van der Waals surface area contributed by atoms with Gasteiger partial charge in [0.15, 0.2) is 0 Å². The lowest BCUT2D eigenvalue weighted by molar-refractivity contribution is -0.117. The van der Waals surface area contributed by atoms with E-state index in [2.05, 4.69) is 22.2 Å². The lowest BCUT2D eigenvalue weighted by Gasteiger charge is -2.22. The third-order valence-electron chi connectivity index (χ3n) is 9.07. The van der Waals surface area contributed by atoms with E-state index in [1.807, 2.05) is 0 Å². The summed E-state index contributed by atoms with van der Waals surface area (Å²) in [6.07, 6.45) is 16.1. The molecule has 0 fully saturated rings. The maximum atomic E-state index is 12.8. The Hall–Kier alpha value is -2.18. The first kappa shape index (κ1) is 49.8. The zero-order valence-electron chi connectivity index (χ0n) is 32.3. The predicted octanol–water partition coefficient (Wildman–Crippen LogP) is 8.42. The van der Waals surface area contributed by atoms with Gasteiger partial charge in [-0.25, -0.2) is 18.0 Å². The molecule has 314 valence electrons. The van der Waals surface area contributed by atoms with Crippen molar-refractivity contribution in [1.82, 2.24) is 0 Å². The molecule has 0 bridgehead atoms. The number of rotatable bonds is 34. The monoisotopic (exact) mass is 810 g/mol. The molecule has 0 aliphatic rings. The average molecular weight is 811 g/mol. The fourth-order valence-corrected chi connectivity index (χ4v) is 6.78. The summed E-state index contributed by atoms with van der Waals surface area (Å²) in [5.41, 5.74) is -0.390. The van der Waals surface area contributed by atoms with E-state index >= 15 is 0 Å². The first-order valence-corrected chi connectivity index (χ1v) is 22.6. The molecule has 1 rings (SSSR count). The van der Waals surface area contributed by atoms with Crippen LogP contribution in [0.1, 0.15) is 189 Å². The van der Waals surface area contributed by atoms with Crippen LogP contribution in [-0.2, 0) is 38.6 Å². The maximum Gasteiger partial charge on any atom is 0.400 e. The molecular formula is C38H66O14S2. The van der Waals surface area contributed by atoms with Crippen LogP contribution in [0.3, 0.4) is 0 Å². The second-order valence-corrected chi connectivity index (χ2v) is 16.1. The zero-order valence-corrected chi connectivity index (χ0v) is 33.9. The van der Waals surface area contributed by atoms with Crippen molar-refractivity contribution in [3.05, 3.63) is 35.4 Å². The molecule has 0 aliphatic carbocycles. The van der Waals surface area contributed by atoms with E-state index in [0.717, 1.165) is 75.6 Å². The Morgan fingerprint density at radius 1 is 0.481 bits per heavy atom. The van der Waals surface area contributed by atoms with Crippen molar-refractivity contribution >= 4 is 32.7 Å². The lowest BCUT2D eigenvalue weighted by atomic mass is 10.0. The van der Waals surface area contributed by atoms with Crippen molar-refractivity contribution in [2.75, 3.05) is 0 Å². The van der Waals surface area contributed by atoms with E-state index in [9.17, 15) is 45.7 Å². The van der Waals surface area contributed by atoms with Crippen LogP contribution >= 0.6 is 0 Å². The topological polar surface area (TPSA) is 220 Å². The Morgan fingerprint density at radius 2 is 0.722 bits per heavy atom. The van der Waals surface area contributed by atoms with Gasteiger partial charge >= 0.3 is 32.7 Å². The molecule has 0 amide bonds. The third-order valence-corrected chi connectivity index (χ3v) is 9.94. The van der Waals surface area contributed by atoms with E-state index in [1.54, 1.807) is 0 Å². The molecule has 4 unspecified atom stereocenters. The van der Waals surface area contributed by atoms with Crippen molar-refractivity contribution in [2.24, 2.45) is 0 Å². The molecule has 0 saturated carbocycles. The molecule has 4 atom stereocenters. The number of ether oxygens (including phenoxy) is 2. The number of aliphatic hydroxyl groups is 2. The SMILES string of the molecule is CCCCCCCCCCCCCC(O)C(OC(=O)c1ccc(C(=O)OC(OS(=O)(=O)O)C(O)CCCCCCCCCCCCC)cc1)OS(=O)(=O)O. The molecule has 1 aromatic carbocycles. The standard InChI is InChI=1S/C38H66O14S2/c1-3-5-7-9-11-13-15-17-19-21-23-25-33(39)37(51-53(43,44)45)49-35(41)31-27-29-32(30-28-31)36(42)50-38(52-54(46,47)48)34(40)26-24-22-20-18-16-14-12-10-8-6-4-2/h27-30,33-34,37-40H,3-26H2,1-2H3,(H,43,44,45)(H,46,47,48). The number of esters is 2. The van der Waals surface area contributed by atoms with E-state index < -0.39 is 57.5 Å². The van der Waals surface area contributed by atoms with Crippen LogP contribution in [0.5, 0.6) is 0 Å². The van der Waals surface area contributed by atoms with Gasteiger partial charge in [-0.3, -0.25) is 9.11 Å². The first-order valence-electron chi connectivity index (χ1n) is 19.9. The van der Waals surface area contributed by atoms with Crippen LogP contribution in [0.15, 0.2) is 24.3 Å². The predicted molar refractivity (Wildman–Crippen MR) is 204 cm³/mol. The Balaban J connectivity index is 2.64. The number of carbonyl (C=O) groups is 2. The number of hydrogen-bond acceptors (Lipinski definition) is 12. The third kappa shape index (κ3) is 25.8. The largest absolute Gasteiger partial charge is 0.428 e. The second kappa shape index (κ2) is 29.1. The Morgan fingerprint density at radius 3 is 0.963 bits per heavy atom. The molecule has 0 spiro atoms. The average Bonchev–Trinajstić information content (AvgIpc) is 3.11. The molecule has 1 aromatic rings. The van der Waals surface area contributed by atoms with Gasteiger partial charge in [0.25, 0.3) is 0 Å². The molecule has 0 aromatic heterocycles. The quantitative estimate of drug-likeness (QED) is 0.0222. The highest BCUT2D eigenvalue weighted by Gasteiger charge is 2.31. The summed E-state index contributed by atoms with van der Waals surface area (Å²) < 4.78 is 83.1. The van der Waals surface area contributed by atoms with Gasteiger partial charge in [-0.1, -0.05) is 155 Å². The maximum absolute atomic E-state index is 12.8. The molecule has 0 heterocycles. The summed E-state index contributed by atoms with van der Waals surface area (Å²) in [7, 11) is -10.2. The Labute approximate surface area is 323 Å². The second-order valence-electron chi connectivity index (χ2n) is 14.0. The summed E-state index contributed by atoms with van der Waals surface area (Å²) in [6.45, 7) is 4.36. The van der Waals surface area contributed by atoms with E-state index in [1.165, 1.54) is 77.0 Å². The molecule has 54 heavy (non-hydrogen) atoms. The lowest BCUT2D eigenvalue weighted by Crippen LogP contribution is -2.36. The summed E-state index contributed by atoms with van der Waals surface area (Å²) in [5, 5.41) is 21.1. The van der Waals surface area contributed by atoms with Crippen molar-refractivity contribution in [1.29, 1.82) is 0 Å². The summed E-state index contributed by atoms with van der Waals surface area (Å²) in [5.74, 6) is -2.28. The van der Waals surface area contributed by atoms with Crippen LogP contribution in [0.4, 0.5) is 0 Å². The molecule has 0 aliphatic heterocycles. The van der Waals surface area contributed by atoms with Crippen molar-refractivity contribution in [3.8, 4) is 0 Å². The molecule has 0 saturated heterocycles. The zero-order chi connectivity index (χ0) is 40.2. The van der Waals surface area contributed by atoms with Crippen LogP contribution in [0, 0.1) is 0 Å². The molecular weight excluding hydrogens is 745 g/mol. The summed E-state index contributed by atoms with van der Waals surface area (Å²) in [4.78, 5) is 25.6. The Kier molecular flexibility index (Phi) is 26.9. The molecule has 4 N–H and O–H groups in total. The number of carbonyl (C=O) groups excluding carboxylic acids is 2. The Bertz CT molecular complexity index is 1250. The van der Waals surface area contributed by atoms with E-state index in [0.29, 0.717) is 12.8 Å². The summed E-state index contributed by atoms with van der Waals surface area (Å²) >= 11 is 0. The van der Waals surface area contributed by atoms with Gasteiger partial charge < -0.3 is 19.7 Å². The molecule has 14 nitrogen and oxygen atoms in total. The van der Waals surface area contributed by atoms with Gasteiger partial charge in [-0.15, -0.1) is 0 Å². The van der Waals surface area contributed by atoms with Gasteiger partial charge in [-0.2, -0.15) is 16.8 Å². The van der Waals surface area contributed by atoms with Crippen LogP contribution in [-0.4, -0.2) is 72.9 Å². The normalized spacial score (nSPS) is 14.3. The number of unbranched alkanes of at least 4 members (excludes halogenated alkanes) is 20.